The standard InChI is InChI=1S/C21H18N2O5/c1-2-27-21(26)23-19(24)13-28-20(25)16-12-18(14-8-4-3-5-9-14)22-17-11-7-6-10-15(16)17/h3-12H,2,13H2,1H3,(H,23,24,26). The van der Waals surface area contributed by atoms with Crippen LogP contribution in [-0.4, -0.2) is 36.2 Å². The summed E-state index contributed by atoms with van der Waals surface area (Å²) in [5.74, 6) is -1.46. The van der Waals surface area contributed by atoms with Gasteiger partial charge in [-0.05, 0) is 19.1 Å². The topological polar surface area (TPSA) is 94.6 Å². The molecular formula is C21H18N2O5. The van der Waals surface area contributed by atoms with Crippen molar-refractivity contribution in [3.8, 4) is 11.3 Å². The third-order valence-electron chi connectivity index (χ3n) is 3.86. The minimum absolute atomic E-state index is 0.129. The number of fused-ring (bicyclic) bond motifs is 1. The normalized spacial score (nSPS) is 10.3. The van der Waals surface area contributed by atoms with Crippen LogP contribution in [0.1, 0.15) is 17.3 Å². The van der Waals surface area contributed by atoms with Gasteiger partial charge in [-0.25, -0.2) is 14.6 Å². The Hall–Kier alpha value is -3.74. The fraction of sp³-hybridized carbons (Fsp3) is 0.143. The van der Waals surface area contributed by atoms with Gasteiger partial charge in [0.1, 0.15) is 0 Å². The molecule has 0 aliphatic rings. The zero-order valence-electron chi connectivity index (χ0n) is 15.2. The van der Waals surface area contributed by atoms with Crippen LogP contribution in [0.5, 0.6) is 0 Å². The van der Waals surface area contributed by atoms with Crippen molar-refractivity contribution in [3.05, 3.63) is 66.2 Å². The van der Waals surface area contributed by atoms with Gasteiger partial charge in [-0.3, -0.25) is 10.1 Å². The maximum absolute atomic E-state index is 12.6. The monoisotopic (exact) mass is 378 g/mol. The molecule has 2 aromatic carbocycles. The number of nitrogens with zero attached hydrogens (tertiary/aromatic N) is 1. The van der Waals surface area contributed by atoms with Crippen molar-refractivity contribution in [3.63, 3.8) is 0 Å². The van der Waals surface area contributed by atoms with Crippen LogP contribution < -0.4 is 5.32 Å². The van der Waals surface area contributed by atoms with E-state index in [1.54, 1.807) is 31.2 Å². The predicted molar refractivity (Wildman–Crippen MR) is 103 cm³/mol. The molecule has 0 saturated heterocycles. The van der Waals surface area contributed by atoms with Crippen molar-refractivity contribution in [2.75, 3.05) is 13.2 Å². The molecule has 0 fully saturated rings. The van der Waals surface area contributed by atoms with E-state index in [0.29, 0.717) is 16.6 Å². The van der Waals surface area contributed by atoms with E-state index in [9.17, 15) is 14.4 Å². The highest BCUT2D eigenvalue weighted by Crippen LogP contribution is 2.25. The average molecular weight is 378 g/mol. The maximum atomic E-state index is 12.6. The van der Waals surface area contributed by atoms with E-state index < -0.39 is 24.6 Å². The number of hydrogen-bond donors (Lipinski definition) is 1. The number of pyridine rings is 1. The van der Waals surface area contributed by atoms with Crippen LogP contribution in [0.4, 0.5) is 4.79 Å². The lowest BCUT2D eigenvalue weighted by Crippen LogP contribution is -2.34. The first kappa shape index (κ1) is 19.0. The SMILES string of the molecule is CCOC(=O)NC(=O)COC(=O)c1cc(-c2ccccc2)nc2ccccc12. The first-order valence-electron chi connectivity index (χ1n) is 8.67. The highest BCUT2D eigenvalue weighted by Gasteiger charge is 2.17. The van der Waals surface area contributed by atoms with Crippen molar-refractivity contribution in [1.29, 1.82) is 0 Å². The minimum atomic E-state index is -0.885. The number of esters is 1. The molecule has 0 saturated carbocycles. The number of hydrogen-bond acceptors (Lipinski definition) is 6. The molecule has 0 aliphatic carbocycles. The van der Waals surface area contributed by atoms with Crippen LogP contribution in [0.25, 0.3) is 22.2 Å². The second-order valence-corrected chi connectivity index (χ2v) is 5.78. The number of imide groups is 1. The van der Waals surface area contributed by atoms with E-state index in [1.807, 2.05) is 41.7 Å². The lowest BCUT2D eigenvalue weighted by atomic mass is 10.0. The van der Waals surface area contributed by atoms with Gasteiger partial charge in [0.05, 0.1) is 23.4 Å². The first-order chi connectivity index (χ1) is 13.6. The molecule has 0 unspecified atom stereocenters. The van der Waals surface area contributed by atoms with E-state index in [-0.39, 0.29) is 12.2 Å². The Kier molecular flexibility index (Phi) is 5.96. The molecule has 0 radical (unpaired) electrons. The number of carbonyl (C=O) groups is 3. The molecule has 1 aromatic heterocycles. The van der Waals surface area contributed by atoms with Crippen molar-refractivity contribution >= 4 is 28.9 Å². The fourth-order valence-electron chi connectivity index (χ4n) is 2.63. The number of nitrogens with one attached hydrogen (secondary N) is 1. The summed E-state index contributed by atoms with van der Waals surface area (Å²) in [4.78, 5) is 40.2. The third-order valence-corrected chi connectivity index (χ3v) is 3.86. The molecule has 28 heavy (non-hydrogen) atoms. The number of carbonyl (C=O) groups excluding carboxylic acids is 3. The molecule has 3 rings (SSSR count). The number of para-hydroxylation sites is 1. The molecule has 1 N–H and O–H groups in total. The number of alkyl carbamates (subject to hydrolysis) is 1. The third kappa shape index (κ3) is 4.50. The van der Waals surface area contributed by atoms with E-state index in [2.05, 4.69) is 9.72 Å². The minimum Gasteiger partial charge on any atom is -0.452 e. The molecule has 3 aromatic rings. The Balaban J connectivity index is 1.84. The van der Waals surface area contributed by atoms with Crippen LogP contribution in [0.2, 0.25) is 0 Å². The van der Waals surface area contributed by atoms with E-state index in [4.69, 9.17) is 4.74 Å². The van der Waals surface area contributed by atoms with Gasteiger partial charge in [0.2, 0.25) is 0 Å². The van der Waals surface area contributed by atoms with Crippen molar-refractivity contribution in [2.45, 2.75) is 6.92 Å². The number of amides is 2. The van der Waals surface area contributed by atoms with Crippen molar-refractivity contribution < 1.29 is 23.9 Å². The van der Waals surface area contributed by atoms with Gasteiger partial charge in [-0.2, -0.15) is 0 Å². The van der Waals surface area contributed by atoms with Gasteiger partial charge in [0.25, 0.3) is 5.91 Å². The van der Waals surface area contributed by atoms with Gasteiger partial charge in [0, 0.05) is 10.9 Å². The number of aromatic nitrogens is 1. The highest BCUT2D eigenvalue weighted by atomic mass is 16.6. The summed E-state index contributed by atoms with van der Waals surface area (Å²) in [5.41, 5.74) is 2.38. The van der Waals surface area contributed by atoms with Crippen LogP contribution in [-0.2, 0) is 14.3 Å². The molecule has 0 aliphatic heterocycles. The van der Waals surface area contributed by atoms with Gasteiger partial charge in [0.15, 0.2) is 6.61 Å². The molecule has 0 bridgehead atoms. The van der Waals surface area contributed by atoms with Gasteiger partial charge < -0.3 is 9.47 Å². The largest absolute Gasteiger partial charge is 0.452 e. The molecule has 7 heteroatoms. The van der Waals surface area contributed by atoms with Gasteiger partial charge in [-0.1, -0.05) is 48.5 Å². The van der Waals surface area contributed by atoms with E-state index >= 15 is 0 Å². The number of ether oxygens (including phenoxy) is 2. The van der Waals surface area contributed by atoms with E-state index in [1.165, 1.54) is 0 Å². The Labute approximate surface area is 161 Å². The fourth-order valence-corrected chi connectivity index (χ4v) is 2.63. The molecule has 142 valence electrons. The zero-order chi connectivity index (χ0) is 19.9. The summed E-state index contributed by atoms with van der Waals surface area (Å²) in [7, 11) is 0. The molecule has 0 spiro atoms. The second kappa shape index (κ2) is 8.77. The quantitative estimate of drug-likeness (QED) is 0.685. The Morgan fingerprint density at radius 3 is 2.43 bits per heavy atom. The Morgan fingerprint density at radius 1 is 0.964 bits per heavy atom. The second-order valence-electron chi connectivity index (χ2n) is 5.78. The molecule has 2 amide bonds. The summed E-state index contributed by atoms with van der Waals surface area (Å²) >= 11 is 0. The molecular weight excluding hydrogens is 360 g/mol. The average Bonchev–Trinajstić information content (AvgIpc) is 2.72. The van der Waals surface area contributed by atoms with Crippen LogP contribution in [0.3, 0.4) is 0 Å². The van der Waals surface area contributed by atoms with Crippen molar-refractivity contribution in [1.82, 2.24) is 10.3 Å². The lowest BCUT2D eigenvalue weighted by molar-refractivity contribution is -0.123. The van der Waals surface area contributed by atoms with E-state index in [0.717, 1.165) is 5.56 Å². The molecule has 0 atom stereocenters. The van der Waals surface area contributed by atoms with Crippen LogP contribution in [0.15, 0.2) is 60.7 Å². The summed E-state index contributed by atoms with van der Waals surface area (Å²) in [6.45, 7) is 1.14. The van der Waals surface area contributed by atoms with Crippen molar-refractivity contribution in [2.24, 2.45) is 0 Å². The summed E-state index contributed by atoms with van der Waals surface area (Å²) in [6.07, 6.45) is -0.885. The molecule has 1 heterocycles. The number of benzene rings is 2. The summed E-state index contributed by atoms with van der Waals surface area (Å²) in [5, 5.41) is 2.58. The zero-order valence-corrected chi connectivity index (χ0v) is 15.2. The Morgan fingerprint density at radius 2 is 1.68 bits per heavy atom. The highest BCUT2D eigenvalue weighted by molar-refractivity contribution is 6.05. The Bertz CT molecular complexity index is 1020. The maximum Gasteiger partial charge on any atom is 0.413 e. The lowest BCUT2D eigenvalue weighted by Gasteiger charge is -2.10. The van der Waals surface area contributed by atoms with Crippen LogP contribution in [0, 0.1) is 0 Å². The predicted octanol–water partition coefficient (Wildman–Crippen LogP) is 3.33. The summed E-state index contributed by atoms with van der Waals surface area (Å²) in [6, 6.07) is 18.2. The van der Waals surface area contributed by atoms with Crippen LogP contribution >= 0.6 is 0 Å². The van der Waals surface area contributed by atoms with Gasteiger partial charge >= 0.3 is 12.1 Å². The first-order valence-corrected chi connectivity index (χ1v) is 8.67. The number of rotatable bonds is 5. The molecule has 7 nitrogen and oxygen atoms in total. The summed E-state index contributed by atoms with van der Waals surface area (Å²) < 4.78 is 9.69. The van der Waals surface area contributed by atoms with Gasteiger partial charge in [-0.15, -0.1) is 0 Å². The smallest absolute Gasteiger partial charge is 0.413 e.